The first kappa shape index (κ1) is 24.1. The molecule has 3 aromatic rings. The molecule has 0 spiro atoms. The molecule has 10 nitrogen and oxygen atoms in total. The average Bonchev–Trinajstić information content (AvgIpc) is 3.57. The van der Waals surface area contributed by atoms with E-state index in [1.165, 1.54) is 0 Å². The molecule has 202 valence electrons. The first-order chi connectivity index (χ1) is 19.0. The van der Waals surface area contributed by atoms with Crippen LogP contribution < -0.4 is 20.3 Å². The number of benzene rings is 1. The summed E-state index contributed by atoms with van der Waals surface area (Å²) in [5.41, 5.74) is 5.71. The normalized spacial score (nSPS) is 22.6. The highest BCUT2D eigenvalue weighted by Crippen LogP contribution is 2.41. The number of aliphatic imine (C=N–C) groups is 1. The lowest BCUT2D eigenvalue weighted by atomic mass is 10.1. The second kappa shape index (κ2) is 9.68. The Labute approximate surface area is 227 Å². The molecule has 3 aliphatic heterocycles. The van der Waals surface area contributed by atoms with Gasteiger partial charge in [0, 0.05) is 23.5 Å². The first-order valence-corrected chi connectivity index (χ1v) is 13.9. The number of nitrogens with zero attached hydrogens (tertiary/aromatic N) is 5. The van der Waals surface area contributed by atoms with E-state index in [-0.39, 0.29) is 5.91 Å². The van der Waals surface area contributed by atoms with Crippen LogP contribution in [0.25, 0.3) is 11.3 Å². The van der Waals surface area contributed by atoms with Gasteiger partial charge in [0.05, 0.1) is 60.7 Å². The summed E-state index contributed by atoms with van der Waals surface area (Å²) in [6, 6.07) is 10.6. The fourth-order valence-corrected chi connectivity index (χ4v) is 5.44. The minimum atomic E-state index is -0.313. The Morgan fingerprint density at radius 3 is 2.79 bits per heavy atom. The molecule has 1 aromatic carbocycles. The number of amides is 1. The number of pyridine rings is 1. The van der Waals surface area contributed by atoms with E-state index in [0.29, 0.717) is 41.8 Å². The predicted molar refractivity (Wildman–Crippen MR) is 150 cm³/mol. The Morgan fingerprint density at radius 2 is 2.00 bits per heavy atom. The number of guanidine groups is 1. The van der Waals surface area contributed by atoms with Crippen LogP contribution >= 0.6 is 0 Å². The Kier molecular flexibility index (Phi) is 5.99. The number of fused-ring (bicyclic) bond motifs is 7. The van der Waals surface area contributed by atoms with Gasteiger partial charge in [0.2, 0.25) is 11.8 Å². The molecule has 2 fully saturated rings. The molecule has 2 bridgehead atoms. The Hall–Kier alpha value is -3.92. The van der Waals surface area contributed by atoms with Crippen molar-refractivity contribution in [3.63, 3.8) is 0 Å². The lowest BCUT2D eigenvalue weighted by molar-refractivity contribution is 0.0211. The van der Waals surface area contributed by atoms with E-state index < -0.39 is 0 Å². The van der Waals surface area contributed by atoms with Crippen LogP contribution in [-0.4, -0.2) is 59.0 Å². The quantitative estimate of drug-likeness (QED) is 0.508. The lowest BCUT2D eigenvalue weighted by Crippen LogP contribution is -2.40. The zero-order chi connectivity index (χ0) is 26.5. The van der Waals surface area contributed by atoms with Gasteiger partial charge in [-0.15, -0.1) is 0 Å². The molecule has 4 aliphatic rings. The van der Waals surface area contributed by atoms with Crippen LogP contribution in [0, 0.1) is 12.8 Å². The van der Waals surface area contributed by atoms with Crippen molar-refractivity contribution < 1.29 is 14.3 Å². The number of anilines is 3. The molecule has 7 rings (SSSR count). The van der Waals surface area contributed by atoms with Crippen LogP contribution in [0.2, 0.25) is 0 Å². The summed E-state index contributed by atoms with van der Waals surface area (Å²) in [7, 11) is 0. The van der Waals surface area contributed by atoms with Crippen molar-refractivity contribution >= 4 is 28.9 Å². The van der Waals surface area contributed by atoms with E-state index in [9.17, 15) is 4.79 Å². The number of hydrogen-bond donors (Lipinski definition) is 2. The van der Waals surface area contributed by atoms with Gasteiger partial charge in [-0.3, -0.25) is 9.78 Å². The van der Waals surface area contributed by atoms with E-state index >= 15 is 0 Å². The van der Waals surface area contributed by atoms with Crippen LogP contribution in [0.15, 0.2) is 41.5 Å². The van der Waals surface area contributed by atoms with Crippen molar-refractivity contribution in [3.8, 4) is 17.1 Å². The number of carbonyl (C=O) groups excluding carboxylic acids is 1. The SMILES string of the molecule is Cc1cc2cc(n1)-c1cnn(C3CC3)c1OCCCC(C)CN1/C(=N/C2=O)Nc2cc(NC3COC3)ccc21. The summed E-state index contributed by atoms with van der Waals surface area (Å²) in [5.74, 6) is 1.34. The lowest BCUT2D eigenvalue weighted by Gasteiger charge is -2.28. The number of nitrogens with one attached hydrogen (secondary N) is 2. The van der Waals surface area contributed by atoms with Gasteiger partial charge in [0.1, 0.15) is 0 Å². The third kappa shape index (κ3) is 4.73. The first-order valence-electron chi connectivity index (χ1n) is 13.9. The fourth-order valence-electron chi connectivity index (χ4n) is 5.44. The number of hydrogen-bond acceptors (Lipinski definition) is 8. The van der Waals surface area contributed by atoms with Gasteiger partial charge in [0.15, 0.2) is 0 Å². The minimum Gasteiger partial charge on any atom is -0.477 e. The fraction of sp³-hybridized carbons (Fsp3) is 0.448. The highest BCUT2D eigenvalue weighted by molar-refractivity contribution is 6.19. The molecule has 5 heterocycles. The molecule has 1 unspecified atom stereocenters. The van der Waals surface area contributed by atoms with E-state index in [1.54, 1.807) is 12.1 Å². The van der Waals surface area contributed by atoms with Crippen molar-refractivity contribution in [3.05, 3.63) is 47.8 Å². The van der Waals surface area contributed by atoms with Gasteiger partial charge in [-0.05, 0) is 68.9 Å². The van der Waals surface area contributed by atoms with Gasteiger partial charge in [-0.1, -0.05) is 6.92 Å². The molecule has 1 saturated carbocycles. The molecule has 1 aliphatic carbocycles. The highest BCUT2D eigenvalue weighted by atomic mass is 16.5. The molecule has 0 radical (unpaired) electrons. The van der Waals surface area contributed by atoms with Crippen LogP contribution in [0.1, 0.15) is 54.7 Å². The number of aromatic nitrogens is 3. The third-order valence-electron chi connectivity index (χ3n) is 7.70. The van der Waals surface area contributed by atoms with Crippen molar-refractivity contribution in [1.29, 1.82) is 0 Å². The number of aryl methyl sites for hydroxylation is 1. The maximum absolute atomic E-state index is 13.6. The number of ether oxygens (including phenoxy) is 2. The number of rotatable bonds is 3. The van der Waals surface area contributed by atoms with Gasteiger partial charge in [-0.2, -0.15) is 10.1 Å². The largest absolute Gasteiger partial charge is 0.477 e. The summed E-state index contributed by atoms with van der Waals surface area (Å²) in [6.07, 6.45) is 5.91. The molecular formula is C29H33N7O3. The maximum Gasteiger partial charge on any atom is 0.280 e. The zero-order valence-electron chi connectivity index (χ0n) is 22.3. The molecule has 39 heavy (non-hydrogen) atoms. The molecule has 2 aromatic heterocycles. The van der Waals surface area contributed by atoms with Crippen LogP contribution in [0.5, 0.6) is 5.88 Å². The molecule has 1 atom stereocenters. The van der Waals surface area contributed by atoms with Gasteiger partial charge in [0.25, 0.3) is 5.91 Å². The van der Waals surface area contributed by atoms with Crippen molar-refractivity contribution in [2.24, 2.45) is 10.9 Å². The summed E-state index contributed by atoms with van der Waals surface area (Å²) in [5, 5.41) is 11.6. The van der Waals surface area contributed by atoms with Crippen molar-refractivity contribution in [2.45, 2.75) is 51.6 Å². The van der Waals surface area contributed by atoms with E-state index in [1.807, 2.05) is 17.8 Å². The van der Waals surface area contributed by atoms with Crippen molar-refractivity contribution in [2.75, 3.05) is 41.9 Å². The Morgan fingerprint density at radius 1 is 1.13 bits per heavy atom. The summed E-state index contributed by atoms with van der Waals surface area (Å²) >= 11 is 0. The van der Waals surface area contributed by atoms with Crippen LogP contribution in [-0.2, 0) is 4.74 Å². The zero-order valence-corrected chi connectivity index (χ0v) is 22.3. The maximum atomic E-state index is 13.6. The monoisotopic (exact) mass is 527 g/mol. The standard InChI is InChI=1S/C29H33N7O3/c1-17-4-3-9-39-28-23(13-30-36(28)22-6-7-22)24-11-19(10-18(2)31-24)27(37)34-29-33-25-12-20(32-21-15-38-16-21)5-8-26(25)35(29)14-17/h5,8,10-13,17,21-22,32H,3-4,6-7,9,14-16H2,1-2H3,(H,33,34,37). The second-order valence-electron chi connectivity index (χ2n) is 11.1. The molecule has 1 saturated heterocycles. The minimum absolute atomic E-state index is 0.313. The van der Waals surface area contributed by atoms with E-state index in [0.717, 1.165) is 79.6 Å². The Balaban J connectivity index is 1.26. The number of carbonyl (C=O) groups is 1. The van der Waals surface area contributed by atoms with Crippen LogP contribution in [0.3, 0.4) is 0 Å². The third-order valence-corrected chi connectivity index (χ3v) is 7.70. The summed E-state index contributed by atoms with van der Waals surface area (Å²) in [4.78, 5) is 25.0. The van der Waals surface area contributed by atoms with E-state index in [4.69, 9.17) is 14.5 Å². The average molecular weight is 528 g/mol. The van der Waals surface area contributed by atoms with Crippen LogP contribution in [0.4, 0.5) is 17.1 Å². The van der Waals surface area contributed by atoms with E-state index in [2.05, 4.69) is 50.7 Å². The highest BCUT2D eigenvalue weighted by Gasteiger charge is 2.31. The Bertz CT molecular complexity index is 1460. The molecular weight excluding hydrogens is 494 g/mol. The second-order valence-corrected chi connectivity index (χ2v) is 11.1. The smallest absolute Gasteiger partial charge is 0.280 e. The molecule has 1 amide bonds. The summed E-state index contributed by atoms with van der Waals surface area (Å²) in [6.45, 7) is 6.90. The molecule has 10 heteroatoms. The van der Waals surface area contributed by atoms with Gasteiger partial charge in [-0.25, -0.2) is 4.68 Å². The predicted octanol–water partition coefficient (Wildman–Crippen LogP) is 4.64. The topological polar surface area (TPSA) is 106 Å². The summed E-state index contributed by atoms with van der Waals surface area (Å²) < 4.78 is 13.6. The van der Waals surface area contributed by atoms with Crippen molar-refractivity contribution in [1.82, 2.24) is 14.8 Å². The molecule has 2 N–H and O–H groups in total. The van der Waals surface area contributed by atoms with Gasteiger partial charge >= 0.3 is 0 Å². The van der Waals surface area contributed by atoms with Gasteiger partial charge < -0.3 is 25.0 Å².